The molecule has 0 aliphatic rings. The van der Waals surface area contributed by atoms with E-state index in [1.165, 1.54) is 22.8 Å². The number of hydrogen-bond donors (Lipinski definition) is 0. The van der Waals surface area contributed by atoms with Crippen molar-refractivity contribution in [3.63, 3.8) is 0 Å². The molecule has 0 saturated heterocycles. The summed E-state index contributed by atoms with van der Waals surface area (Å²) in [7, 11) is 0. The predicted octanol–water partition coefficient (Wildman–Crippen LogP) is 2.36. The topological polar surface area (TPSA) is 0 Å². The van der Waals surface area contributed by atoms with Crippen LogP contribution in [0.4, 0.5) is 12.9 Å². The molecule has 0 radical (unpaired) electrons. The summed E-state index contributed by atoms with van der Waals surface area (Å²) in [6, 6.07) is 1.23. The van der Waals surface area contributed by atoms with Gasteiger partial charge in [0.05, 0.1) is 0 Å². The molecule has 1 aromatic heterocycles. The van der Waals surface area contributed by atoms with Crippen LogP contribution in [0.5, 0.6) is 0 Å². The van der Waals surface area contributed by atoms with E-state index in [1.54, 1.807) is 0 Å². The van der Waals surface area contributed by atoms with Crippen molar-refractivity contribution < 1.29 is 12.9 Å². The maximum Gasteiger partial charge on any atom is 0.510 e. The molecular weight excluding hydrogens is 172 g/mol. The van der Waals surface area contributed by atoms with Crippen molar-refractivity contribution in [2.24, 2.45) is 0 Å². The minimum Gasteiger partial charge on any atom is -0.445 e. The molecule has 0 aromatic carbocycles. The lowest BCUT2D eigenvalue weighted by Gasteiger charge is -2.10. The van der Waals surface area contributed by atoms with Crippen LogP contribution in [-0.4, -0.2) is 6.98 Å². The van der Waals surface area contributed by atoms with Gasteiger partial charge in [0.25, 0.3) is 0 Å². The van der Waals surface area contributed by atoms with Gasteiger partial charge in [0.15, 0.2) is 0 Å². The number of rotatable bonds is 2. The van der Waals surface area contributed by atoms with Crippen LogP contribution in [0.2, 0.25) is 0 Å². The molecule has 0 spiro atoms. The molecule has 11 heavy (non-hydrogen) atoms. The highest BCUT2D eigenvalue weighted by Crippen LogP contribution is 2.15. The fourth-order valence-electron chi connectivity index (χ4n) is 0.755. The Hall–Kier alpha value is -0.445. The molecule has 0 aliphatic heterocycles. The highest BCUT2D eigenvalue weighted by atomic mass is 32.1. The van der Waals surface area contributed by atoms with E-state index in [-0.39, 0.29) is 0 Å². The van der Waals surface area contributed by atoms with Crippen molar-refractivity contribution in [1.29, 1.82) is 0 Å². The van der Waals surface area contributed by atoms with Crippen LogP contribution in [-0.2, 0) is 6.42 Å². The van der Waals surface area contributed by atoms with Crippen LogP contribution in [0.1, 0.15) is 11.8 Å². The largest absolute Gasteiger partial charge is 0.510 e. The molecular formula is C6H7BF3S-. The van der Waals surface area contributed by atoms with Crippen LogP contribution >= 0.6 is 11.3 Å². The lowest BCUT2D eigenvalue weighted by molar-refractivity contribution is 0.501. The third kappa shape index (κ3) is 1.99. The molecule has 1 aromatic rings. The Balaban J connectivity index is 2.89. The van der Waals surface area contributed by atoms with E-state index in [2.05, 4.69) is 0 Å². The first-order chi connectivity index (χ1) is 5.04. The SMILES string of the molecule is CCc1cc([B-](F)(F)F)cs1. The summed E-state index contributed by atoms with van der Waals surface area (Å²) in [6.07, 6.45) is 0.677. The standard InChI is InChI=1S/C6H7BF3S/c1-2-6-3-5(4-11-6)7(8,9)10/h3-4H,2H2,1H3/q-1. The summed E-state index contributed by atoms with van der Waals surface area (Å²) in [5.74, 6) is 0. The van der Waals surface area contributed by atoms with E-state index in [0.29, 0.717) is 6.42 Å². The Kier molecular flexibility index (Phi) is 2.27. The average Bonchev–Trinajstić information content (AvgIpc) is 2.32. The molecule has 0 atom stereocenters. The molecule has 0 unspecified atom stereocenters. The van der Waals surface area contributed by atoms with E-state index in [4.69, 9.17) is 0 Å². The molecule has 1 heterocycles. The lowest BCUT2D eigenvalue weighted by Crippen LogP contribution is -2.32. The number of aryl methyl sites for hydroxylation is 1. The van der Waals surface area contributed by atoms with Crippen molar-refractivity contribution in [3.8, 4) is 0 Å². The number of hydrogen-bond acceptors (Lipinski definition) is 1. The molecule has 1 rings (SSSR count). The van der Waals surface area contributed by atoms with Gasteiger partial charge >= 0.3 is 6.98 Å². The van der Waals surface area contributed by atoms with Gasteiger partial charge in [0.2, 0.25) is 0 Å². The van der Waals surface area contributed by atoms with E-state index in [0.717, 1.165) is 4.88 Å². The van der Waals surface area contributed by atoms with Gasteiger partial charge in [0.1, 0.15) is 0 Å². The predicted molar refractivity (Wildman–Crippen MR) is 42.4 cm³/mol. The number of thiophene rings is 1. The van der Waals surface area contributed by atoms with Crippen LogP contribution in [0.25, 0.3) is 0 Å². The smallest absolute Gasteiger partial charge is 0.445 e. The van der Waals surface area contributed by atoms with Crippen molar-refractivity contribution in [2.75, 3.05) is 0 Å². The second kappa shape index (κ2) is 2.89. The summed E-state index contributed by atoms with van der Waals surface area (Å²) in [5, 5.41) is 1.18. The van der Waals surface area contributed by atoms with Crippen LogP contribution in [0.15, 0.2) is 11.4 Å². The third-order valence-electron chi connectivity index (χ3n) is 1.40. The van der Waals surface area contributed by atoms with Crippen molar-refractivity contribution in [1.82, 2.24) is 0 Å². The van der Waals surface area contributed by atoms with Crippen molar-refractivity contribution in [3.05, 3.63) is 16.3 Å². The van der Waals surface area contributed by atoms with Crippen LogP contribution in [0, 0.1) is 0 Å². The summed E-state index contributed by atoms with van der Waals surface area (Å²) in [6.45, 7) is -2.93. The second-order valence-electron chi connectivity index (χ2n) is 2.27. The van der Waals surface area contributed by atoms with Gasteiger partial charge in [-0.05, 0) is 11.8 Å². The second-order valence-corrected chi connectivity index (χ2v) is 3.27. The van der Waals surface area contributed by atoms with E-state index in [1.807, 2.05) is 6.92 Å². The first-order valence-electron chi connectivity index (χ1n) is 3.31. The lowest BCUT2D eigenvalue weighted by atomic mass is 9.82. The molecule has 0 N–H and O–H groups in total. The highest BCUT2D eigenvalue weighted by Gasteiger charge is 2.26. The van der Waals surface area contributed by atoms with Gasteiger partial charge in [0, 0.05) is 4.88 Å². The van der Waals surface area contributed by atoms with Gasteiger partial charge in [-0.15, -0.1) is 0 Å². The Morgan fingerprint density at radius 3 is 2.36 bits per heavy atom. The average molecular weight is 179 g/mol. The van der Waals surface area contributed by atoms with Gasteiger partial charge in [-0.3, -0.25) is 0 Å². The van der Waals surface area contributed by atoms with Gasteiger partial charge in [-0.2, -0.15) is 11.3 Å². The monoisotopic (exact) mass is 179 g/mol. The van der Waals surface area contributed by atoms with Crippen molar-refractivity contribution in [2.45, 2.75) is 13.3 Å². The number of halogens is 3. The molecule has 0 saturated carbocycles. The molecule has 62 valence electrons. The van der Waals surface area contributed by atoms with Crippen molar-refractivity contribution >= 4 is 23.8 Å². The summed E-state index contributed by atoms with van der Waals surface area (Å²) >= 11 is 1.17. The van der Waals surface area contributed by atoms with E-state index in [9.17, 15) is 12.9 Å². The zero-order valence-electron chi connectivity index (χ0n) is 5.98. The molecule has 0 bridgehead atoms. The van der Waals surface area contributed by atoms with Gasteiger partial charge in [-0.1, -0.05) is 18.5 Å². The summed E-state index contributed by atoms with van der Waals surface area (Å²) in [4.78, 5) is 0.791. The minimum absolute atomic E-state index is 0.466. The zero-order chi connectivity index (χ0) is 8.48. The zero-order valence-corrected chi connectivity index (χ0v) is 6.80. The molecule has 0 fully saturated rings. The fraction of sp³-hybridized carbons (Fsp3) is 0.333. The Bertz CT molecular complexity index is 240. The van der Waals surface area contributed by atoms with Gasteiger partial charge in [-0.25, -0.2) is 0 Å². The Labute approximate surface area is 67.1 Å². The molecule has 5 heteroatoms. The van der Waals surface area contributed by atoms with E-state index >= 15 is 0 Å². The summed E-state index contributed by atoms with van der Waals surface area (Å²) < 4.78 is 36.0. The maximum atomic E-state index is 12.0. The van der Waals surface area contributed by atoms with Gasteiger partial charge < -0.3 is 12.9 Å². The van der Waals surface area contributed by atoms with Crippen LogP contribution in [0.3, 0.4) is 0 Å². The van der Waals surface area contributed by atoms with Crippen LogP contribution < -0.4 is 5.46 Å². The normalized spacial score (nSPS) is 12.0. The molecule has 0 nitrogen and oxygen atoms in total. The fourth-order valence-corrected chi connectivity index (χ4v) is 1.64. The third-order valence-corrected chi connectivity index (χ3v) is 2.50. The van der Waals surface area contributed by atoms with E-state index < -0.39 is 12.4 Å². The Morgan fingerprint density at radius 2 is 2.09 bits per heavy atom. The first kappa shape index (κ1) is 8.65. The Morgan fingerprint density at radius 1 is 1.45 bits per heavy atom. The quantitative estimate of drug-likeness (QED) is 0.611. The minimum atomic E-state index is -4.78. The molecule has 0 amide bonds. The highest BCUT2D eigenvalue weighted by molar-refractivity contribution is 7.11. The molecule has 0 aliphatic carbocycles. The first-order valence-corrected chi connectivity index (χ1v) is 4.19. The summed E-state index contributed by atoms with van der Waals surface area (Å²) in [5.41, 5.74) is -0.466. The maximum absolute atomic E-state index is 12.0.